The Labute approximate surface area is 86.8 Å². The van der Waals surface area contributed by atoms with Crippen molar-refractivity contribution >= 4 is 16.5 Å². The smallest absolute Gasteiger partial charge is 0.182 e. The van der Waals surface area contributed by atoms with Gasteiger partial charge in [0.15, 0.2) is 5.13 Å². The highest BCUT2D eigenvalue weighted by Crippen LogP contribution is 2.12. The van der Waals surface area contributed by atoms with Crippen LogP contribution in [-0.4, -0.2) is 9.97 Å². The second-order valence-electron chi connectivity index (χ2n) is 2.94. The summed E-state index contributed by atoms with van der Waals surface area (Å²) in [5, 5.41) is 6.16. The van der Waals surface area contributed by atoms with Crippen LogP contribution in [0.4, 0.5) is 5.13 Å². The van der Waals surface area contributed by atoms with Crippen molar-refractivity contribution in [1.29, 1.82) is 0 Å². The Morgan fingerprint density at radius 2 is 2.29 bits per heavy atom. The van der Waals surface area contributed by atoms with Gasteiger partial charge in [-0.25, -0.2) is 4.98 Å². The van der Waals surface area contributed by atoms with Crippen molar-refractivity contribution < 1.29 is 0 Å². The first-order valence-corrected chi connectivity index (χ1v) is 5.28. The van der Waals surface area contributed by atoms with Crippen LogP contribution in [0.25, 0.3) is 0 Å². The fourth-order valence-electron chi connectivity index (χ4n) is 1.19. The van der Waals surface area contributed by atoms with Crippen LogP contribution >= 0.6 is 11.3 Å². The number of anilines is 1. The maximum absolute atomic E-state index is 4.22. The molecule has 0 saturated carbocycles. The van der Waals surface area contributed by atoms with Crippen molar-refractivity contribution in [3.63, 3.8) is 0 Å². The van der Waals surface area contributed by atoms with Gasteiger partial charge in [-0.2, -0.15) is 0 Å². The van der Waals surface area contributed by atoms with Crippen LogP contribution in [0.3, 0.4) is 0 Å². The van der Waals surface area contributed by atoms with Crippen LogP contribution in [0, 0.1) is 6.92 Å². The Balaban J connectivity index is 2.02. The molecule has 0 amide bonds. The second-order valence-corrected chi connectivity index (χ2v) is 3.83. The zero-order valence-electron chi connectivity index (χ0n) is 7.90. The van der Waals surface area contributed by atoms with Gasteiger partial charge in [-0.3, -0.25) is 4.98 Å². The number of hydrogen-bond acceptors (Lipinski definition) is 4. The molecule has 0 aliphatic carbocycles. The molecular formula is C10H11N3S. The lowest BCUT2D eigenvalue weighted by atomic mass is 10.2. The van der Waals surface area contributed by atoms with Gasteiger partial charge in [0.2, 0.25) is 0 Å². The zero-order chi connectivity index (χ0) is 9.80. The third-order valence-electron chi connectivity index (χ3n) is 1.98. The first-order valence-electron chi connectivity index (χ1n) is 4.40. The van der Waals surface area contributed by atoms with Gasteiger partial charge in [-0.1, -0.05) is 6.07 Å². The lowest BCUT2D eigenvalue weighted by Crippen LogP contribution is -2.01. The van der Waals surface area contributed by atoms with Gasteiger partial charge in [-0.05, 0) is 18.6 Å². The Hall–Kier alpha value is -1.42. The summed E-state index contributed by atoms with van der Waals surface area (Å²) in [6.07, 6.45) is 3.60. The largest absolute Gasteiger partial charge is 0.357 e. The van der Waals surface area contributed by atoms with Crippen molar-refractivity contribution in [2.75, 3.05) is 5.32 Å². The van der Waals surface area contributed by atoms with Crippen LogP contribution in [0.1, 0.15) is 11.3 Å². The summed E-state index contributed by atoms with van der Waals surface area (Å²) in [6, 6.07) is 4.02. The quantitative estimate of drug-likeness (QED) is 0.836. The molecule has 0 aromatic carbocycles. The molecule has 0 spiro atoms. The predicted molar refractivity (Wildman–Crippen MR) is 58.4 cm³/mol. The molecular weight excluding hydrogens is 194 g/mol. The first-order chi connectivity index (χ1) is 6.86. The van der Waals surface area contributed by atoms with E-state index >= 15 is 0 Å². The van der Waals surface area contributed by atoms with Crippen molar-refractivity contribution in [2.24, 2.45) is 0 Å². The monoisotopic (exact) mass is 205 g/mol. The summed E-state index contributed by atoms with van der Waals surface area (Å²) in [5.74, 6) is 0. The van der Waals surface area contributed by atoms with E-state index in [0.29, 0.717) is 0 Å². The fraction of sp³-hybridized carbons (Fsp3) is 0.200. The van der Waals surface area contributed by atoms with Gasteiger partial charge in [-0.15, -0.1) is 11.3 Å². The van der Waals surface area contributed by atoms with Crippen LogP contribution in [0.2, 0.25) is 0 Å². The lowest BCUT2D eigenvalue weighted by Gasteiger charge is -2.04. The number of pyridine rings is 1. The van der Waals surface area contributed by atoms with E-state index in [0.717, 1.165) is 17.4 Å². The van der Waals surface area contributed by atoms with Gasteiger partial charge in [0.25, 0.3) is 0 Å². The van der Waals surface area contributed by atoms with Crippen molar-refractivity contribution in [1.82, 2.24) is 9.97 Å². The van der Waals surface area contributed by atoms with Crippen LogP contribution < -0.4 is 5.32 Å². The number of hydrogen-bond donors (Lipinski definition) is 1. The molecule has 3 nitrogen and oxygen atoms in total. The molecule has 0 fully saturated rings. The number of aromatic nitrogens is 2. The Kier molecular flexibility index (Phi) is 2.74. The van der Waals surface area contributed by atoms with Crippen molar-refractivity contribution in [3.8, 4) is 0 Å². The molecule has 2 aromatic rings. The van der Waals surface area contributed by atoms with E-state index in [4.69, 9.17) is 0 Å². The van der Waals surface area contributed by atoms with Crippen LogP contribution in [0.5, 0.6) is 0 Å². The number of nitrogens with one attached hydrogen (secondary N) is 1. The molecule has 72 valence electrons. The summed E-state index contributed by atoms with van der Waals surface area (Å²) < 4.78 is 0. The third-order valence-corrected chi connectivity index (χ3v) is 2.71. The SMILES string of the molecule is Cc1ncccc1CNc1nccs1. The molecule has 2 aromatic heterocycles. The summed E-state index contributed by atoms with van der Waals surface area (Å²) in [7, 11) is 0. The fourth-order valence-corrected chi connectivity index (χ4v) is 1.71. The number of thiazole rings is 1. The van der Waals surface area contributed by atoms with Crippen LogP contribution in [-0.2, 0) is 6.54 Å². The predicted octanol–water partition coefficient (Wildman–Crippen LogP) is 2.46. The number of nitrogens with zero attached hydrogens (tertiary/aromatic N) is 2. The van der Waals surface area contributed by atoms with E-state index in [1.807, 2.05) is 24.6 Å². The maximum Gasteiger partial charge on any atom is 0.182 e. The van der Waals surface area contributed by atoms with Gasteiger partial charge in [0, 0.05) is 30.0 Å². The third kappa shape index (κ3) is 2.09. The standard InChI is InChI=1S/C10H11N3S/c1-8-9(3-2-4-11-8)7-13-10-12-5-6-14-10/h2-6H,7H2,1H3,(H,12,13). The molecule has 0 atom stereocenters. The minimum Gasteiger partial charge on any atom is -0.357 e. The highest BCUT2D eigenvalue weighted by molar-refractivity contribution is 7.13. The Morgan fingerprint density at radius 1 is 1.36 bits per heavy atom. The number of aryl methyl sites for hydroxylation is 1. The molecule has 0 saturated heterocycles. The zero-order valence-corrected chi connectivity index (χ0v) is 8.71. The molecule has 4 heteroatoms. The highest BCUT2D eigenvalue weighted by atomic mass is 32.1. The highest BCUT2D eigenvalue weighted by Gasteiger charge is 1.98. The molecule has 2 rings (SSSR count). The van der Waals surface area contributed by atoms with Gasteiger partial charge in [0.1, 0.15) is 0 Å². The molecule has 14 heavy (non-hydrogen) atoms. The molecule has 2 heterocycles. The summed E-state index contributed by atoms with van der Waals surface area (Å²) in [5.41, 5.74) is 2.28. The average molecular weight is 205 g/mol. The van der Waals surface area contributed by atoms with E-state index in [2.05, 4.69) is 21.4 Å². The van der Waals surface area contributed by atoms with Gasteiger partial charge in [0.05, 0.1) is 0 Å². The minimum absolute atomic E-state index is 0.785. The summed E-state index contributed by atoms with van der Waals surface area (Å²) in [4.78, 5) is 8.37. The van der Waals surface area contributed by atoms with E-state index in [1.54, 1.807) is 17.5 Å². The molecule has 0 radical (unpaired) electrons. The average Bonchev–Trinajstić information content (AvgIpc) is 2.69. The number of rotatable bonds is 3. The van der Waals surface area contributed by atoms with E-state index in [-0.39, 0.29) is 0 Å². The van der Waals surface area contributed by atoms with E-state index in [9.17, 15) is 0 Å². The summed E-state index contributed by atoms with van der Waals surface area (Å²) >= 11 is 1.61. The normalized spacial score (nSPS) is 10.1. The van der Waals surface area contributed by atoms with Gasteiger partial charge >= 0.3 is 0 Å². The topological polar surface area (TPSA) is 37.8 Å². The lowest BCUT2D eigenvalue weighted by molar-refractivity contribution is 1.05. The Bertz CT molecular complexity index is 398. The van der Waals surface area contributed by atoms with Crippen molar-refractivity contribution in [3.05, 3.63) is 41.2 Å². The van der Waals surface area contributed by atoms with Gasteiger partial charge < -0.3 is 5.32 Å². The molecule has 1 N–H and O–H groups in total. The molecule has 0 aliphatic rings. The van der Waals surface area contributed by atoms with E-state index < -0.39 is 0 Å². The molecule has 0 aliphatic heterocycles. The maximum atomic E-state index is 4.22. The summed E-state index contributed by atoms with van der Waals surface area (Å²) in [6.45, 7) is 2.80. The van der Waals surface area contributed by atoms with Crippen molar-refractivity contribution in [2.45, 2.75) is 13.5 Å². The minimum atomic E-state index is 0.785. The van der Waals surface area contributed by atoms with Crippen LogP contribution in [0.15, 0.2) is 29.9 Å². The molecule has 0 bridgehead atoms. The second kappa shape index (κ2) is 4.19. The Morgan fingerprint density at radius 3 is 3.00 bits per heavy atom. The first kappa shape index (κ1) is 9.15. The van der Waals surface area contributed by atoms with E-state index in [1.165, 1.54) is 5.56 Å². The molecule has 0 unspecified atom stereocenters.